The first-order valence-corrected chi connectivity index (χ1v) is 7.88. The Kier molecular flexibility index (Phi) is 3.13. The van der Waals surface area contributed by atoms with E-state index in [4.69, 9.17) is 0 Å². The Morgan fingerprint density at radius 2 is 2.00 bits per heavy atom. The van der Waals surface area contributed by atoms with E-state index in [2.05, 4.69) is 27.9 Å². The van der Waals surface area contributed by atoms with Crippen LogP contribution in [0, 0.1) is 5.92 Å². The fraction of sp³-hybridized carbons (Fsp3) is 0.615. The summed E-state index contributed by atoms with van der Waals surface area (Å²) in [6.07, 6.45) is 4.65. The van der Waals surface area contributed by atoms with Gasteiger partial charge >= 0.3 is 0 Å². The average Bonchev–Trinajstić information content (AvgIpc) is 2.79. The Morgan fingerprint density at radius 1 is 1.35 bits per heavy atom. The van der Waals surface area contributed by atoms with Gasteiger partial charge in [0.2, 0.25) is 0 Å². The van der Waals surface area contributed by atoms with E-state index in [0.29, 0.717) is 17.9 Å². The van der Waals surface area contributed by atoms with Crippen LogP contribution in [0.1, 0.15) is 36.0 Å². The summed E-state index contributed by atoms with van der Waals surface area (Å²) >= 11 is 5.07. The molecular formula is C13H16BrNOS. The molecule has 2 saturated heterocycles. The number of hydrogen-bond donors (Lipinski definition) is 0. The molecule has 2 aliphatic heterocycles. The van der Waals surface area contributed by atoms with Crippen molar-refractivity contribution >= 4 is 33.0 Å². The molecule has 92 valence electrons. The van der Waals surface area contributed by atoms with Gasteiger partial charge in [0.25, 0.3) is 0 Å². The molecule has 3 rings (SSSR count). The Bertz CT molecular complexity index is 430. The first-order chi connectivity index (χ1) is 8.16. The third kappa shape index (κ3) is 2.00. The maximum absolute atomic E-state index is 12.5. The lowest BCUT2D eigenvalue weighted by Gasteiger charge is -2.35. The van der Waals surface area contributed by atoms with Crippen molar-refractivity contribution < 1.29 is 4.79 Å². The van der Waals surface area contributed by atoms with Gasteiger partial charge in [-0.05, 0) is 48.7 Å². The maximum atomic E-state index is 12.5. The molecule has 0 amide bonds. The number of carbonyl (C=O) groups excluding carboxylic acids is 1. The van der Waals surface area contributed by atoms with E-state index in [1.165, 1.54) is 12.8 Å². The molecule has 0 saturated carbocycles. The molecule has 17 heavy (non-hydrogen) atoms. The largest absolute Gasteiger partial charge is 0.300 e. The smallest absolute Gasteiger partial charge is 0.168 e. The Balaban J connectivity index is 1.79. The van der Waals surface area contributed by atoms with Crippen molar-refractivity contribution in [1.82, 2.24) is 4.90 Å². The molecule has 0 aliphatic carbocycles. The van der Waals surface area contributed by atoms with E-state index in [0.717, 1.165) is 22.9 Å². The zero-order valence-corrected chi connectivity index (χ0v) is 12.3. The topological polar surface area (TPSA) is 20.3 Å². The highest BCUT2D eigenvalue weighted by Gasteiger charge is 2.41. The van der Waals surface area contributed by atoms with Crippen molar-refractivity contribution in [1.29, 1.82) is 0 Å². The van der Waals surface area contributed by atoms with E-state index in [1.54, 1.807) is 11.3 Å². The molecule has 2 aliphatic rings. The summed E-state index contributed by atoms with van der Waals surface area (Å²) < 4.78 is 0.971. The van der Waals surface area contributed by atoms with Gasteiger partial charge in [-0.2, -0.15) is 11.3 Å². The van der Waals surface area contributed by atoms with Crippen LogP contribution in [0.3, 0.4) is 0 Å². The summed E-state index contributed by atoms with van der Waals surface area (Å²) in [6.45, 7) is 0. The number of halogens is 1. The van der Waals surface area contributed by atoms with E-state index in [-0.39, 0.29) is 5.92 Å². The minimum atomic E-state index is 0.245. The van der Waals surface area contributed by atoms with Crippen LogP contribution < -0.4 is 0 Å². The number of carbonyl (C=O) groups is 1. The molecule has 2 unspecified atom stereocenters. The van der Waals surface area contributed by atoms with Crippen molar-refractivity contribution in [3.8, 4) is 0 Å². The highest BCUT2D eigenvalue weighted by molar-refractivity contribution is 9.10. The summed E-state index contributed by atoms with van der Waals surface area (Å²) in [5.74, 6) is 0.595. The molecule has 2 fully saturated rings. The molecule has 0 spiro atoms. The number of Topliss-reactive ketones (excluding diaryl/α,β-unsaturated/α-hetero) is 1. The highest BCUT2D eigenvalue weighted by atomic mass is 79.9. The van der Waals surface area contributed by atoms with Gasteiger partial charge in [-0.1, -0.05) is 0 Å². The molecule has 0 N–H and O–H groups in total. The summed E-state index contributed by atoms with van der Waals surface area (Å²) in [5.41, 5.74) is 0.893. The normalized spacial score (nSPS) is 32.9. The van der Waals surface area contributed by atoms with Crippen LogP contribution in [0.2, 0.25) is 0 Å². The quantitative estimate of drug-likeness (QED) is 0.778. The number of piperidine rings is 1. The minimum Gasteiger partial charge on any atom is -0.300 e. The maximum Gasteiger partial charge on any atom is 0.168 e. The van der Waals surface area contributed by atoms with Crippen LogP contribution >= 0.6 is 27.3 Å². The molecule has 0 aromatic carbocycles. The number of thiophene rings is 1. The van der Waals surface area contributed by atoms with Crippen LogP contribution in [-0.2, 0) is 0 Å². The highest BCUT2D eigenvalue weighted by Crippen LogP contribution is 2.39. The number of ketones is 1. The Hall–Kier alpha value is -0.190. The molecule has 2 atom stereocenters. The monoisotopic (exact) mass is 313 g/mol. The molecular weight excluding hydrogens is 298 g/mol. The standard InChI is InChI=1S/C13H16BrNOS/c1-15-9-2-3-10(15)5-8(4-9)13(16)11-6-17-7-12(11)14/h6-10H,2-5H2,1H3. The van der Waals surface area contributed by atoms with Gasteiger partial charge in [0.05, 0.1) is 0 Å². The fourth-order valence-electron chi connectivity index (χ4n) is 3.30. The molecule has 1 aromatic rings. The lowest BCUT2D eigenvalue weighted by Crippen LogP contribution is -2.42. The summed E-state index contributed by atoms with van der Waals surface area (Å²) in [5, 5.41) is 3.98. The van der Waals surface area contributed by atoms with Gasteiger partial charge in [-0.3, -0.25) is 4.79 Å². The Labute approximate surface area is 114 Å². The number of fused-ring (bicyclic) bond motifs is 2. The fourth-order valence-corrected chi connectivity index (χ4v) is 4.78. The van der Waals surface area contributed by atoms with E-state index < -0.39 is 0 Å². The molecule has 3 heterocycles. The Morgan fingerprint density at radius 3 is 2.53 bits per heavy atom. The van der Waals surface area contributed by atoms with Gasteiger partial charge in [-0.15, -0.1) is 0 Å². The van der Waals surface area contributed by atoms with Crippen molar-refractivity contribution in [2.24, 2.45) is 5.92 Å². The predicted octanol–water partition coefficient (Wildman–Crippen LogP) is 3.57. The van der Waals surface area contributed by atoms with Crippen molar-refractivity contribution in [2.75, 3.05) is 7.05 Å². The zero-order valence-electron chi connectivity index (χ0n) is 9.86. The number of rotatable bonds is 2. The lowest BCUT2D eigenvalue weighted by atomic mass is 9.86. The lowest BCUT2D eigenvalue weighted by molar-refractivity contribution is 0.0767. The first-order valence-electron chi connectivity index (χ1n) is 6.14. The van der Waals surface area contributed by atoms with Gasteiger partial charge in [-0.25, -0.2) is 0 Å². The van der Waals surface area contributed by atoms with Crippen molar-refractivity contribution in [2.45, 2.75) is 37.8 Å². The third-order valence-electron chi connectivity index (χ3n) is 4.35. The van der Waals surface area contributed by atoms with Crippen molar-refractivity contribution in [3.05, 3.63) is 20.8 Å². The zero-order chi connectivity index (χ0) is 12.0. The molecule has 4 heteroatoms. The van der Waals surface area contributed by atoms with Gasteiger partial charge < -0.3 is 4.90 Å². The van der Waals surface area contributed by atoms with Crippen LogP contribution in [0.25, 0.3) is 0 Å². The van der Waals surface area contributed by atoms with Crippen LogP contribution in [-0.4, -0.2) is 29.8 Å². The first kappa shape index (κ1) is 11.9. The van der Waals surface area contributed by atoms with Gasteiger partial charge in [0, 0.05) is 38.8 Å². The third-order valence-corrected chi connectivity index (χ3v) is 6.05. The SMILES string of the molecule is CN1C2CCC1CC(C(=O)c1cscc1Br)C2. The molecule has 0 radical (unpaired) electrons. The molecule has 2 nitrogen and oxygen atoms in total. The van der Waals surface area contributed by atoms with E-state index in [1.807, 2.05) is 10.8 Å². The van der Waals surface area contributed by atoms with Crippen LogP contribution in [0.15, 0.2) is 15.2 Å². The average molecular weight is 314 g/mol. The van der Waals surface area contributed by atoms with Crippen LogP contribution in [0.5, 0.6) is 0 Å². The van der Waals surface area contributed by atoms with Gasteiger partial charge in [0.15, 0.2) is 5.78 Å². The number of hydrogen-bond acceptors (Lipinski definition) is 3. The molecule has 2 bridgehead atoms. The number of nitrogens with zero attached hydrogens (tertiary/aromatic N) is 1. The molecule has 1 aromatic heterocycles. The van der Waals surface area contributed by atoms with Gasteiger partial charge in [0.1, 0.15) is 0 Å². The second-order valence-corrected chi connectivity index (χ2v) is 6.81. The summed E-state index contributed by atoms with van der Waals surface area (Å²) in [4.78, 5) is 14.9. The van der Waals surface area contributed by atoms with E-state index >= 15 is 0 Å². The van der Waals surface area contributed by atoms with Crippen molar-refractivity contribution in [3.63, 3.8) is 0 Å². The summed E-state index contributed by atoms with van der Waals surface area (Å²) in [6, 6.07) is 1.28. The minimum absolute atomic E-state index is 0.245. The second kappa shape index (κ2) is 4.48. The predicted molar refractivity (Wildman–Crippen MR) is 73.6 cm³/mol. The van der Waals surface area contributed by atoms with E-state index in [9.17, 15) is 4.79 Å². The summed E-state index contributed by atoms with van der Waals surface area (Å²) in [7, 11) is 2.21. The second-order valence-electron chi connectivity index (χ2n) is 5.22. The van der Waals surface area contributed by atoms with Crippen LogP contribution in [0.4, 0.5) is 0 Å².